The van der Waals surface area contributed by atoms with E-state index in [2.05, 4.69) is 0 Å². The molecule has 0 fully saturated rings. The molecule has 0 aliphatic heterocycles. The standard InChI is InChI=1S/C9H13F3/c1-3-5-6-7-8(4-2)9(10,11)12/h3-5H,6-7H2,1-2H3/b5-3+,8-4+. The molecule has 0 aromatic carbocycles. The Kier molecular flexibility index (Phi) is 4.71. The Hall–Kier alpha value is -0.730. The summed E-state index contributed by atoms with van der Waals surface area (Å²) in [6, 6.07) is 0. The van der Waals surface area contributed by atoms with E-state index in [1.807, 2.05) is 0 Å². The molecule has 12 heavy (non-hydrogen) atoms. The van der Waals surface area contributed by atoms with Crippen molar-refractivity contribution in [2.75, 3.05) is 0 Å². The van der Waals surface area contributed by atoms with Gasteiger partial charge in [-0.25, -0.2) is 0 Å². The van der Waals surface area contributed by atoms with Gasteiger partial charge in [-0.2, -0.15) is 13.2 Å². The van der Waals surface area contributed by atoms with Crippen molar-refractivity contribution in [1.29, 1.82) is 0 Å². The summed E-state index contributed by atoms with van der Waals surface area (Å²) in [6.45, 7) is 3.21. The minimum atomic E-state index is -4.16. The maximum Gasteiger partial charge on any atom is 0.412 e. The van der Waals surface area contributed by atoms with Gasteiger partial charge >= 0.3 is 6.18 Å². The van der Waals surface area contributed by atoms with Crippen LogP contribution in [0.4, 0.5) is 13.2 Å². The molecule has 0 aromatic heterocycles. The molecule has 0 heterocycles. The molecule has 3 heteroatoms. The molecule has 0 unspecified atom stereocenters. The number of rotatable bonds is 3. The SMILES string of the molecule is C/C=C/CC/C(=C\C)C(F)(F)F. The fourth-order valence-electron chi connectivity index (χ4n) is 0.855. The van der Waals surface area contributed by atoms with Gasteiger partial charge in [0.05, 0.1) is 0 Å². The molecule has 70 valence electrons. The first kappa shape index (κ1) is 11.3. The van der Waals surface area contributed by atoms with Crippen LogP contribution >= 0.6 is 0 Å². The Balaban J connectivity index is 4.04. The van der Waals surface area contributed by atoms with Crippen molar-refractivity contribution in [2.24, 2.45) is 0 Å². The van der Waals surface area contributed by atoms with Gasteiger partial charge in [0.1, 0.15) is 0 Å². The monoisotopic (exact) mass is 178 g/mol. The van der Waals surface area contributed by atoms with E-state index in [1.54, 1.807) is 19.1 Å². The molecule has 0 bridgehead atoms. The van der Waals surface area contributed by atoms with Crippen molar-refractivity contribution in [3.05, 3.63) is 23.8 Å². The zero-order valence-electron chi connectivity index (χ0n) is 7.28. The van der Waals surface area contributed by atoms with Crippen LogP contribution < -0.4 is 0 Å². The van der Waals surface area contributed by atoms with Crippen LogP contribution in [-0.2, 0) is 0 Å². The Morgan fingerprint density at radius 3 is 2.17 bits per heavy atom. The maximum absolute atomic E-state index is 12.1. The summed E-state index contributed by atoms with van der Waals surface area (Å²) in [5, 5.41) is 0. The highest BCUT2D eigenvalue weighted by Crippen LogP contribution is 2.28. The van der Waals surface area contributed by atoms with Gasteiger partial charge in [-0.15, -0.1) is 0 Å². The van der Waals surface area contributed by atoms with Crippen molar-refractivity contribution < 1.29 is 13.2 Å². The van der Waals surface area contributed by atoms with E-state index in [0.717, 1.165) is 6.08 Å². The van der Waals surface area contributed by atoms with Crippen LogP contribution in [0.5, 0.6) is 0 Å². The number of halogens is 3. The molecule has 0 aliphatic carbocycles. The van der Waals surface area contributed by atoms with Crippen LogP contribution in [0.2, 0.25) is 0 Å². The van der Waals surface area contributed by atoms with Gasteiger partial charge in [-0.05, 0) is 26.7 Å². The van der Waals surface area contributed by atoms with Gasteiger partial charge in [-0.1, -0.05) is 18.2 Å². The first-order valence-electron chi connectivity index (χ1n) is 3.86. The Labute approximate surface area is 70.8 Å². The minimum absolute atomic E-state index is 0.0737. The molecule has 0 N–H and O–H groups in total. The third-order valence-corrected chi connectivity index (χ3v) is 1.53. The molecule has 0 saturated heterocycles. The third-order valence-electron chi connectivity index (χ3n) is 1.53. The largest absolute Gasteiger partial charge is 0.412 e. The maximum atomic E-state index is 12.1. The Bertz CT molecular complexity index is 175. The number of alkyl halides is 3. The van der Waals surface area contributed by atoms with Crippen molar-refractivity contribution >= 4 is 0 Å². The molecule has 0 rings (SSSR count). The van der Waals surface area contributed by atoms with Crippen LogP contribution in [0, 0.1) is 0 Å². The molecule has 0 aliphatic rings. The smallest absolute Gasteiger partial charge is 0.166 e. The molecular formula is C9H13F3. The molecule has 0 amide bonds. The zero-order chi connectivity index (χ0) is 9.61. The van der Waals surface area contributed by atoms with Gasteiger partial charge in [0.15, 0.2) is 0 Å². The van der Waals surface area contributed by atoms with Crippen LogP contribution in [-0.4, -0.2) is 6.18 Å². The summed E-state index contributed by atoms with van der Waals surface area (Å²) < 4.78 is 36.2. The molecule has 0 spiro atoms. The first-order chi connectivity index (χ1) is 5.52. The highest BCUT2D eigenvalue weighted by molar-refractivity contribution is 5.08. The molecule has 0 saturated carbocycles. The summed E-state index contributed by atoms with van der Waals surface area (Å²) in [5.74, 6) is 0. The normalized spacial score (nSPS) is 14.2. The van der Waals surface area contributed by atoms with E-state index in [-0.39, 0.29) is 6.42 Å². The van der Waals surface area contributed by atoms with Gasteiger partial charge in [0.2, 0.25) is 0 Å². The average Bonchev–Trinajstić information content (AvgIpc) is 1.95. The van der Waals surface area contributed by atoms with E-state index in [9.17, 15) is 13.2 Å². The average molecular weight is 178 g/mol. The van der Waals surface area contributed by atoms with E-state index in [1.165, 1.54) is 6.92 Å². The summed E-state index contributed by atoms with van der Waals surface area (Å²) in [7, 11) is 0. The zero-order valence-corrected chi connectivity index (χ0v) is 7.28. The van der Waals surface area contributed by atoms with E-state index in [0.29, 0.717) is 6.42 Å². The number of hydrogen-bond donors (Lipinski definition) is 0. The second-order valence-electron chi connectivity index (χ2n) is 2.42. The van der Waals surface area contributed by atoms with Crippen LogP contribution in [0.1, 0.15) is 26.7 Å². The molecule has 0 nitrogen and oxygen atoms in total. The predicted molar refractivity (Wildman–Crippen MR) is 43.9 cm³/mol. The minimum Gasteiger partial charge on any atom is -0.166 e. The second kappa shape index (κ2) is 5.01. The third kappa shape index (κ3) is 4.21. The Morgan fingerprint density at radius 1 is 1.25 bits per heavy atom. The van der Waals surface area contributed by atoms with Crippen molar-refractivity contribution in [2.45, 2.75) is 32.9 Å². The first-order valence-corrected chi connectivity index (χ1v) is 3.86. The Morgan fingerprint density at radius 2 is 1.83 bits per heavy atom. The number of allylic oxidation sites excluding steroid dienone is 4. The van der Waals surface area contributed by atoms with Crippen LogP contribution in [0.3, 0.4) is 0 Å². The summed E-state index contributed by atoms with van der Waals surface area (Å²) in [4.78, 5) is 0. The highest BCUT2D eigenvalue weighted by atomic mass is 19.4. The van der Waals surface area contributed by atoms with Crippen LogP contribution in [0.15, 0.2) is 23.8 Å². The topological polar surface area (TPSA) is 0 Å². The van der Waals surface area contributed by atoms with E-state index in [4.69, 9.17) is 0 Å². The molecule has 0 atom stereocenters. The van der Waals surface area contributed by atoms with Gasteiger partial charge in [0.25, 0.3) is 0 Å². The van der Waals surface area contributed by atoms with Gasteiger partial charge in [-0.3, -0.25) is 0 Å². The van der Waals surface area contributed by atoms with Crippen molar-refractivity contribution in [3.8, 4) is 0 Å². The van der Waals surface area contributed by atoms with Crippen molar-refractivity contribution in [3.63, 3.8) is 0 Å². The lowest BCUT2D eigenvalue weighted by Crippen LogP contribution is -2.11. The lowest BCUT2D eigenvalue weighted by Gasteiger charge is -2.09. The fourth-order valence-corrected chi connectivity index (χ4v) is 0.855. The summed E-state index contributed by atoms with van der Waals surface area (Å²) in [5.41, 5.74) is -0.444. The van der Waals surface area contributed by atoms with Gasteiger partial charge < -0.3 is 0 Å². The highest BCUT2D eigenvalue weighted by Gasteiger charge is 2.31. The van der Waals surface area contributed by atoms with Crippen LogP contribution in [0.25, 0.3) is 0 Å². The second-order valence-corrected chi connectivity index (χ2v) is 2.42. The fraction of sp³-hybridized carbons (Fsp3) is 0.556. The van der Waals surface area contributed by atoms with E-state index >= 15 is 0 Å². The van der Waals surface area contributed by atoms with Crippen molar-refractivity contribution in [1.82, 2.24) is 0 Å². The van der Waals surface area contributed by atoms with Gasteiger partial charge in [0, 0.05) is 5.57 Å². The number of hydrogen-bond acceptors (Lipinski definition) is 0. The molecule has 0 radical (unpaired) electrons. The molecule has 0 aromatic rings. The lowest BCUT2D eigenvalue weighted by molar-refractivity contribution is -0.0940. The predicted octanol–water partition coefficient (Wildman–Crippen LogP) is 3.85. The summed E-state index contributed by atoms with van der Waals surface area (Å²) in [6.07, 6.45) is 0.985. The van der Waals surface area contributed by atoms with E-state index < -0.39 is 11.7 Å². The molecular weight excluding hydrogens is 165 g/mol. The lowest BCUT2D eigenvalue weighted by atomic mass is 10.1. The quantitative estimate of drug-likeness (QED) is 0.576. The summed E-state index contributed by atoms with van der Waals surface area (Å²) >= 11 is 0.